The zero-order chi connectivity index (χ0) is 11.1. The van der Waals surface area contributed by atoms with E-state index in [-0.39, 0.29) is 5.91 Å². The van der Waals surface area contributed by atoms with Gasteiger partial charge in [-0.3, -0.25) is 4.79 Å². The lowest BCUT2D eigenvalue weighted by Gasteiger charge is -2.05. The van der Waals surface area contributed by atoms with Crippen molar-refractivity contribution in [1.82, 2.24) is 4.90 Å². The van der Waals surface area contributed by atoms with E-state index in [0.717, 1.165) is 23.2 Å². The molecule has 0 saturated heterocycles. The number of ether oxygens (including phenoxy) is 1. The summed E-state index contributed by atoms with van der Waals surface area (Å²) in [5, 5.41) is 0. The molecule has 1 aromatic rings. The highest BCUT2D eigenvalue weighted by Gasteiger charge is 2.25. The molecular weight excluding hydrogens is 202 g/mol. The largest absolute Gasteiger partial charge is 0.374 e. The number of carbonyl (C=O) groups is 1. The van der Waals surface area contributed by atoms with E-state index in [1.807, 2.05) is 19.2 Å². The number of fused-ring (bicyclic) bond motifs is 1. The van der Waals surface area contributed by atoms with Crippen LogP contribution in [0.15, 0.2) is 18.2 Å². The summed E-state index contributed by atoms with van der Waals surface area (Å²) in [6.45, 7) is 1.37. The predicted molar refractivity (Wildman–Crippen MR) is 60.1 cm³/mol. The Labute approximate surface area is 95.0 Å². The van der Waals surface area contributed by atoms with E-state index in [0.29, 0.717) is 12.7 Å². The van der Waals surface area contributed by atoms with E-state index in [4.69, 9.17) is 4.74 Å². The average Bonchev–Trinajstić information content (AvgIpc) is 3.06. The minimum atomic E-state index is 0.128. The molecule has 1 aliphatic heterocycles. The molecule has 2 aliphatic rings. The summed E-state index contributed by atoms with van der Waals surface area (Å²) in [5.41, 5.74) is 3.08. The Balaban J connectivity index is 1.79. The SMILES string of the molecule is CN1Cc2ccc(COC3CC3)cc2C1=O. The van der Waals surface area contributed by atoms with Crippen molar-refractivity contribution in [3.05, 3.63) is 34.9 Å². The first-order valence-corrected chi connectivity index (χ1v) is 5.73. The third-order valence-corrected chi connectivity index (χ3v) is 3.17. The molecule has 84 valence electrons. The quantitative estimate of drug-likeness (QED) is 0.774. The maximum absolute atomic E-state index is 11.8. The Morgan fingerprint density at radius 3 is 3.00 bits per heavy atom. The van der Waals surface area contributed by atoms with Crippen LogP contribution >= 0.6 is 0 Å². The predicted octanol–water partition coefficient (Wildman–Crippen LogP) is 1.95. The summed E-state index contributed by atoms with van der Waals surface area (Å²) >= 11 is 0. The van der Waals surface area contributed by atoms with E-state index in [9.17, 15) is 4.79 Å². The fourth-order valence-electron chi connectivity index (χ4n) is 2.03. The van der Waals surface area contributed by atoms with Gasteiger partial charge in [-0.1, -0.05) is 12.1 Å². The molecule has 3 rings (SSSR count). The summed E-state index contributed by atoms with van der Waals surface area (Å²) in [7, 11) is 1.84. The monoisotopic (exact) mass is 217 g/mol. The molecule has 0 bridgehead atoms. The summed E-state index contributed by atoms with van der Waals surface area (Å²) in [6.07, 6.45) is 2.84. The number of benzene rings is 1. The minimum absolute atomic E-state index is 0.128. The summed E-state index contributed by atoms with van der Waals surface area (Å²) in [6, 6.07) is 6.08. The van der Waals surface area contributed by atoms with Gasteiger partial charge in [-0.25, -0.2) is 0 Å². The van der Waals surface area contributed by atoms with Crippen molar-refractivity contribution in [3.8, 4) is 0 Å². The first-order chi connectivity index (χ1) is 7.74. The summed E-state index contributed by atoms with van der Waals surface area (Å²) < 4.78 is 5.64. The van der Waals surface area contributed by atoms with Crippen molar-refractivity contribution in [3.63, 3.8) is 0 Å². The topological polar surface area (TPSA) is 29.5 Å². The average molecular weight is 217 g/mol. The molecule has 16 heavy (non-hydrogen) atoms. The molecule has 0 unspecified atom stereocenters. The number of rotatable bonds is 3. The molecule has 1 fully saturated rings. The van der Waals surface area contributed by atoms with Crippen molar-refractivity contribution in [2.45, 2.75) is 32.1 Å². The van der Waals surface area contributed by atoms with Gasteiger partial charge >= 0.3 is 0 Å². The van der Waals surface area contributed by atoms with Crippen LogP contribution in [0.5, 0.6) is 0 Å². The van der Waals surface area contributed by atoms with E-state index in [1.54, 1.807) is 4.90 Å². The van der Waals surface area contributed by atoms with E-state index >= 15 is 0 Å². The van der Waals surface area contributed by atoms with Crippen LogP contribution in [0.4, 0.5) is 0 Å². The highest BCUT2D eigenvalue weighted by Crippen LogP contribution is 2.26. The zero-order valence-electron chi connectivity index (χ0n) is 9.40. The first-order valence-electron chi connectivity index (χ1n) is 5.73. The van der Waals surface area contributed by atoms with Gasteiger partial charge in [0.25, 0.3) is 5.91 Å². The second-order valence-corrected chi connectivity index (χ2v) is 4.66. The highest BCUT2D eigenvalue weighted by atomic mass is 16.5. The molecule has 1 aromatic carbocycles. The standard InChI is InChI=1S/C13H15NO2/c1-14-7-10-3-2-9(6-12(10)13(14)15)8-16-11-4-5-11/h2-3,6,11H,4-5,7-8H2,1H3. The molecule has 1 heterocycles. The van der Waals surface area contributed by atoms with Crippen LogP contribution in [0.1, 0.15) is 34.3 Å². The van der Waals surface area contributed by atoms with Crippen LogP contribution in [-0.4, -0.2) is 24.0 Å². The van der Waals surface area contributed by atoms with Crippen LogP contribution in [0, 0.1) is 0 Å². The van der Waals surface area contributed by atoms with Crippen molar-refractivity contribution >= 4 is 5.91 Å². The summed E-state index contributed by atoms with van der Waals surface area (Å²) in [4.78, 5) is 13.5. The van der Waals surface area contributed by atoms with Gasteiger partial charge in [0.1, 0.15) is 0 Å². The molecule has 1 saturated carbocycles. The van der Waals surface area contributed by atoms with Crippen LogP contribution in [0.2, 0.25) is 0 Å². The summed E-state index contributed by atoms with van der Waals surface area (Å²) in [5.74, 6) is 0.128. The van der Waals surface area contributed by atoms with Crippen LogP contribution in [-0.2, 0) is 17.9 Å². The van der Waals surface area contributed by atoms with Crippen molar-refractivity contribution < 1.29 is 9.53 Å². The fourth-order valence-corrected chi connectivity index (χ4v) is 2.03. The number of hydrogen-bond donors (Lipinski definition) is 0. The normalized spacial score (nSPS) is 19.1. The highest BCUT2D eigenvalue weighted by molar-refractivity contribution is 5.98. The van der Waals surface area contributed by atoms with Gasteiger partial charge in [-0.15, -0.1) is 0 Å². The molecule has 1 amide bonds. The van der Waals surface area contributed by atoms with E-state index in [1.165, 1.54) is 12.8 Å². The lowest BCUT2D eigenvalue weighted by molar-refractivity contribution is 0.0816. The van der Waals surface area contributed by atoms with Gasteiger partial charge < -0.3 is 9.64 Å². The molecule has 0 N–H and O–H groups in total. The van der Waals surface area contributed by atoms with Crippen LogP contribution in [0.3, 0.4) is 0 Å². The molecule has 0 spiro atoms. The van der Waals surface area contributed by atoms with E-state index < -0.39 is 0 Å². The molecule has 3 heteroatoms. The second-order valence-electron chi connectivity index (χ2n) is 4.66. The lowest BCUT2D eigenvalue weighted by atomic mass is 10.1. The molecular formula is C13H15NO2. The van der Waals surface area contributed by atoms with Crippen LogP contribution < -0.4 is 0 Å². The van der Waals surface area contributed by atoms with Gasteiger partial charge in [0, 0.05) is 19.2 Å². The Hall–Kier alpha value is -1.35. The fraction of sp³-hybridized carbons (Fsp3) is 0.462. The Morgan fingerprint density at radius 2 is 2.25 bits per heavy atom. The first kappa shape index (κ1) is 9.85. The third-order valence-electron chi connectivity index (χ3n) is 3.17. The number of hydrogen-bond acceptors (Lipinski definition) is 2. The Kier molecular flexibility index (Phi) is 2.21. The molecule has 1 aliphatic carbocycles. The second kappa shape index (κ2) is 3.59. The van der Waals surface area contributed by atoms with Gasteiger partial charge in [-0.2, -0.15) is 0 Å². The third kappa shape index (κ3) is 1.71. The van der Waals surface area contributed by atoms with Gasteiger partial charge in [-0.05, 0) is 30.0 Å². The van der Waals surface area contributed by atoms with Crippen molar-refractivity contribution in [2.75, 3.05) is 7.05 Å². The maximum atomic E-state index is 11.8. The number of carbonyl (C=O) groups excluding carboxylic acids is 1. The molecule has 0 atom stereocenters. The maximum Gasteiger partial charge on any atom is 0.254 e. The van der Waals surface area contributed by atoms with Crippen molar-refractivity contribution in [2.24, 2.45) is 0 Å². The van der Waals surface area contributed by atoms with Gasteiger partial charge in [0.05, 0.1) is 12.7 Å². The Morgan fingerprint density at radius 1 is 1.44 bits per heavy atom. The molecule has 3 nitrogen and oxygen atoms in total. The number of nitrogens with zero attached hydrogens (tertiary/aromatic N) is 1. The number of amides is 1. The van der Waals surface area contributed by atoms with Gasteiger partial charge in [0.15, 0.2) is 0 Å². The Bertz CT molecular complexity index is 438. The zero-order valence-corrected chi connectivity index (χ0v) is 9.40. The van der Waals surface area contributed by atoms with Gasteiger partial charge in [0.2, 0.25) is 0 Å². The molecule has 0 radical (unpaired) electrons. The van der Waals surface area contributed by atoms with Crippen LogP contribution in [0.25, 0.3) is 0 Å². The molecule has 0 aromatic heterocycles. The minimum Gasteiger partial charge on any atom is -0.374 e. The lowest BCUT2D eigenvalue weighted by Crippen LogP contribution is -2.17. The van der Waals surface area contributed by atoms with Crippen molar-refractivity contribution in [1.29, 1.82) is 0 Å². The van der Waals surface area contributed by atoms with E-state index in [2.05, 4.69) is 6.07 Å². The smallest absolute Gasteiger partial charge is 0.254 e.